The lowest BCUT2D eigenvalue weighted by Gasteiger charge is -2.19. The number of hydrogen-bond donors (Lipinski definition) is 2. The van der Waals surface area contributed by atoms with E-state index in [-0.39, 0.29) is 12.0 Å². The van der Waals surface area contributed by atoms with Crippen LogP contribution in [-0.4, -0.2) is 25.1 Å². The van der Waals surface area contributed by atoms with Gasteiger partial charge in [-0.2, -0.15) is 0 Å². The Kier molecular flexibility index (Phi) is 4.95. The van der Waals surface area contributed by atoms with E-state index in [9.17, 15) is 4.79 Å². The van der Waals surface area contributed by atoms with Crippen molar-refractivity contribution < 1.29 is 9.53 Å². The van der Waals surface area contributed by atoms with E-state index in [4.69, 9.17) is 10.5 Å². The molecular weight excluding hydrogens is 204 g/mol. The van der Waals surface area contributed by atoms with Gasteiger partial charge in [-0.1, -0.05) is 30.3 Å². The van der Waals surface area contributed by atoms with E-state index in [0.717, 1.165) is 5.56 Å². The monoisotopic (exact) mass is 222 g/mol. The van der Waals surface area contributed by atoms with Crippen molar-refractivity contribution in [2.24, 2.45) is 5.73 Å². The van der Waals surface area contributed by atoms with Crippen molar-refractivity contribution in [2.75, 3.05) is 7.05 Å². The maximum atomic E-state index is 11.2. The average Bonchev–Trinajstić information content (AvgIpc) is 2.35. The minimum atomic E-state index is -0.631. The number of carbonyl (C=O) groups is 1. The summed E-state index contributed by atoms with van der Waals surface area (Å²) in [4.78, 5) is 11.2. The van der Waals surface area contributed by atoms with Crippen molar-refractivity contribution >= 4 is 5.91 Å². The molecule has 0 unspecified atom stereocenters. The van der Waals surface area contributed by atoms with Gasteiger partial charge in [0.15, 0.2) is 0 Å². The van der Waals surface area contributed by atoms with Crippen molar-refractivity contribution in [1.29, 1.82) is 0 Å². The fourth-order valence-corrected chi connectivity index (χ4v) is 1.29. The lowest BCUT2D eigenvalue weighted by molar-refractivity contribution is -0.125. The summed E-state index contributed by atoms with van der Waals surface area (Å²) >= 11 is 0. The molecule has 0 fully saturated rings. The minimum absolute atomic E-state index is 0.208. The molecule has 1 aromatic carbocycles. The molecule has 1 rings (SSSR count). The van der Waals surface area contributed by atoms with Crippen LogP contribution in [0, 0.1) is 0 Å². The third-order valence-electron chi connectivity index (χ3n) is 2.41. The van der Waals surface area contributed by atoms with Crippen molar-refractivity contribution in [1.82, 2.24) is 5.32 Å². The smallest absolute Gasteiger partial charge is 0.239 e. The molecule has 0 radical (unpaired) electrons. The summed E-state index contributed by atoms with van der Waals surface area (Å²) in [5.41, 5.74) is 6.77. The van der Waals surface area contributed by atoms with Crippen LogP contribution in [0.15, 0.2) is 30.3 Å². The average molecular weight is 222 g/mol. The molecule has 0 saturated heterocycles. The predicted molar refractivity (Wildman–Crippen MR) is 62.7 cm³/mol. The van der Waals surface area contributed by atoms with Gasteiger partial charge in [0.25, 0.3) is 0 Å². The van der Waals surface area contributed by atoms with Crippen molar-refractivity contribution in [2.45, 2.75) is 25.7 Å². The molecule has 0 bridgehead atoms. The minimum Gasteiger partial charge on any atom is -0.372 e. The summed E-state index contributed by atoms with van der Waals surface area (Å²) in [6.45, 7) is 2.26. The Morgan fingerprint density at radius 3 is 2.62 bits per heavy atom. The third kappa shape index (κ3) is 3.64. The maximum absolute atomic E-state index is 11.2. The predicted octanol–water partition coefficient (Wildman–Crippen LogP) is 0.665. The Hall–Kier alpha value is -1.39. The lowest BCUT2D eigenvalue weighted by Crippen LogP contribution is -2.46. The Balaban J connectivity index is 2.41. The number of ether oxygens (including phenoxy) is 1. The third-order valence-corrected chi connectivity index (χ3v) is 2.41. The summed E-state index contributed by atoms with van der Waals surface area (Å²) < 4.78 is 5.53. The second kappa shape index (κ2) is 6.25. The van der Waals surface area contributed by atoms with E-state index in [1.807, 2.05) is 30.3 Å². The zero-order valence-electron chi connectivity index (χ0n) is 9.64. The standard InChI is InChI=1S/C12H18N2O2/c1-9(11(13)12(15)14-2)16-8-10-6-4-3-5-7-10/h3-7,9,11H,8,13H2,1-2H3,(H,14,15)/t9-,11+/m1/s1. The largest absolute Gasteiger partial charge is 0.372 e. The van der Waals surface area contributed by atoms with Crippen LogP contribution < -0.4 is 11.1 Å². The first-order chi connectivity index (χ1) is 7.65. The van der Waals surface area contributed by atoms with Gasteiger partial charge in [-0.15, -0.1) is 0 Å². The summed E-state index contributed by atoms with van der Waals surface area (Å²) in [6.07, 6.45) is -0.305. The summed E-state index contributed by atoms with van der Waals surface area (Å²) in [5.74, 6) is -0.208. The number of nitrogens with two attached hydrogens (primary N) is 1. The molecule has 0 spiro atoms. The molecule has 1 amide bonds. The van der Waals surface area contributed by atoms with E-state index in [0.29, 0.717) is 6.61 Å². The summed E-state index contributed by atoms with van der Waals surface area (Å²) in [5, 5.41) is 2.50. The number of hydrogen-bond acceptors (Lipinski definition) is 3. The number of likely N-dealkylation sites (N-methyl/N-ethyl adjacent to an activating group) is 1. The summed E-state index contributed by atoms with van der Waals surface area (Å²) in [6, 6.07) is 9.15. The zero-order chi connectivity index (χ0) is 12.0. The highest BCUT2D eigenvalue weighted by Gasteiger charge is 2.19. The van der Waals surface area contributed by atoms with Gasteiger partial charge in [0.05, 0.1) is 12.7 Å². The number of amides is 1. The molecule has 3 N–H and O–H groups in total. The highest BCUT2D eigenvalue weighted by atomic mass is 16.5. The van der Waals surface area contributed by atoms with E-state index >= 15 is 0 Å². The zero-order valence-corrected chi connectivity index (χ0v) is 9.64. The Labute approximate surface area is 95.8 Å². The van der Waals surface area contributed by atoms with Gasteiger partial charge in [-0.05, 0) is 12.5 Å². The van der Waals surface area contributed by atoms with Crippen molar-refractivity contribution in [3.8, 4) is 0 Å². The molecular formula is C12H18N2O2. The first-order valence-corrected chi connectivity index (χ1v) is 5.28. The molecule has 0 saturated carbocycles. The molecule has 0 aliphatic rings. The number of rotatable bonds is 5. The molecule has 16 heavy (non-hydrogen) atoms. The SMILES string of the molecule is CNC(=O)[C@@H](N)[C@@H](C)OCc1ccccc1. The van der Waals surface area contributed by atoms with Crippen LogP contribution in [0.4, 0.5) is 0 Å². The first kappa shape index (κ1) is 12.7. The van der Waals surface area contributed by atoms with Gasteiger partial charge in [-0.25, -0.2) is 0 Å². The van der Waals surface area contributed by atoms with Gasteiger partial charge >= 0.3 is 0 Å². The molecule has 0 aliphatic heterocycles. The van der Waals surface area contributed by atoms with Crippen LogP contribution in [0.2, 0.25) is 0 Å². The molecule has 88 valence electrons. The molecule has 0 aliphatic carbocycles. The van der Waals surface area contributed by atoms with Gasteiger partial charge in [0, 0.05) is 7.05 Å². The van der Waals surface area contributed by atoms with E-state index < -0.39 is 6.04 Å². The van der Waals surface area contributed by atoms with Gasteiger partial charge < -0.3 is 15.8 Å². The van der Waals surface area contributed by atoms with E-state index in [2.05, 4.69) is 5.32 Å². The quantitative estimate of drug-likeness (QED) is 0.769. The Bertz CT molecular complexity index is 327. The normalized spacial score (nSPS) is 14.2. The van der Waals surface area contributed by atoms with Crippen LogP contribution in [0.5, 0.6) is 0 Å². The Morgan fingerprint density at radius 1 is 1.44 bits per heavy atom. The van der Waals surface area contributed by atoms with Crippen LogP contribution in [-0.2, 0) is 16.1 Å². The molecule has 0 aromatic heterocycles. The van der Waals surface area contributed by atoms with Gasteiger partial charge in [0.2, 0.25) is 5.91 Å². The first-order valence-electron chi connectivity index (χ1n) is 5.28. The fraction of sp³-hybridized carbons (Fsp3) is 0.417. The van der Waals surface area contributed by atoms with Crippen LogP contribution in [0.1, 0.15) is 12.5 Å². The molecule has 4 heteroatoms. The van der Waals surface area contributed by atoms with Gasteiger partial charge in [-0.3, -0.25) is 4.79 Å². The molecule has 2 atom stereocenters. The van der Waals surface area contributed by atoms with E-state index in [1.54, 1.807) is 14.0 Å². The van der Waals surface area contributed by atoms with Gasteiger partial charge in [0.1, 0.15) is 6.04 Å². The fourth-order valence-electron chi connectivity index (χ4n) is 1.29. The second-order valence-electron chi connectivity index (χ2n) is 3.64. The number of carbonyl (C=O) groups excluding carboxylic acids is 1. The van der Waals surface area contributed by atoms with Crippen molar-refractivity contribution in [3.05, 3.63) is 35.9 Å². The topological polar surface area (TPSA) is 64.4 Å². The number of nitrogens with one attached hydrogen (secondary N) is 1. The van der Waals surface area contributed by atoms with Crippen molar-refractivity contribution in [3.63, 3.8) is 0 Å². The molecule has 0 heterocycles. The maximum Gasteiger partial charge on any atom is 0.239 e. The van der Waals surface area contributed by atoms with Crippen LogP contribution >= 0.6 is 0 Å². The van der Waals surface area contributed by atoms with Crippen LogP contribution in [0.25, 0.3) is 0 Å². The second-order valence-corrected chi connectivity index (χ2v) is 3.64. The number of benzene rings is 1. The van der Waals surface area contributed by atoms with Crippen LogP contribution in [0.3, 0.4) is 0 Å². The van der Waals surface area contributed by atoms with E-state index in [1.165, 1.54) is 0 Å². The lowest BCUT2D eigenvalue weighted by atomic mass is 10.2. The highest BCUT2D eigenvalue weighted by molar-refractivity contribution is 5.81. The summed E-state index contributed by atoms with van der Waals surface area (Å²) in [7, 11) is 1.56. The highest BCUT2D eigenvalue weighted by Crippen LogP contribution is 2.05. The molecule has 4 nitrogen and oxygen atoms in total. The molecule has 1 aromatic rings. The Morgan fingerprint density at radius 2 is 2.06 bits per heavy atom.